The number of nitrogens with zero attached hydrogens (tertiary/aromatic N) is 1. The molecule has 0 aliphatic carbocycles. The Hall–Kier alpha value is -3.92. The van der Waals surface area contributed by atoms with Gasteiger partial charge in [0, 0.05) is 29.6 Å². The lowest BCUT2D eigenvalue weighted by molar-refractivity contribution is 0.102. The molecule has 0 radical (unpaired) electrons. The van der Waals surface area contributed by atoms with Gasteiger partial charge in [0.2, 0.25) is 0 Å². The SMILES string of the molecule is Cc1ccccc1NC(=O)c1c(-c2ccccc2C)n(Cc2ccccc2)c(C)cc1=O. The number of amides is 1. The van der Waals surface area contributed by atoms with Crippen molar-refractivity contribution in [2.45, 2.75) is 27.3 Å². The first kappa shape index (κ1) is 21.3. The fraction of sp³-hybridized carbons (Fsp3) is 0.143. The zero-order valence-corrected chi connectivity index (χ0v) is 18.6. The molecule has 160 valence electrons. The molecule has 0 bridgehead atoms. The minimum Gasteiger partial charge on any atom is -0.340 e. The van der Waals surface area contributed by atoms with E-state index in [0.717, 1.165) is 27.9 Å². The van der Waals surface area contributed by atoms with Crippen LogP contribution in [0.3, 0.4) is 0 Å². The summed E-state index contributed by atoms with van der Waals surface area (Å²) >= 11 is 0. The summed E-state index contributed by atoms with van der Waals surface area (Å²) in [4.78, 5) is 26.7. The Morgan fingerprint density at radius 2 is 1.44 bits per heavy atom. The number of aryl methyl sites for hydroxylation is 3. The minimum atomic E-state index is -0.399. The standard InChI is InChI=1S/C28H26N2O2/c1-19-11-7-9-15-23(19)27-26(28(32)29-24-16-10-8-12-20(24)2)25(31)17-21(3)30(27)18-22-13-5-4-6-14-22/h4-17H,18H2,1-3H3,(H,29,32). The molecule has 0 fully saturated rings. The summed E-state index contributed by atoms with van der Waals surface area (Å²) in [6.07, 6.45) is 0. The lowest BCUT2D eigenvalue weighted by Gasteiger charge is -2.22. The molecule has 0 atom stereocenters. The van der Waals surface area contributed by atoms with Crippen LogP contribution >= 0.6 is 0 Å². The van der Waals surface area contributed by atoms with Crippen molar-refractivity contribution < 1.29 is 4.79 Å². The number of aromatic nitrogens is 1. The van der Waals surface area contributed by atoms with Gasteiger partial charge in [0.25, 0.3) is 5.91 Å². The van der Waals surface area contributed by atoms with E-state index in [-0.39, 0.29) is 11.0 Å². The van der Waals surface area contributed by atoms with E-state index in [1.165, 1.54) is 0 Å². The van der Waals surface area contributed by atoms with Crippen LogP contribution in [0.1, 0.15) is 32.7 Å². The fourth-order valence-electron chi connectivity index (χ4n) is 3.97. The second-order valence-corrected chi connectivity index (χ2v) is 8.03. The summed E-state index contributed by atoms with van der Waals surface area (Å²) in [5.41, 5.74) is 5.94. The van der Waals surface area contributed by atoms with Gasteiger partial charge in [-0.1, -0.05) is 72.8 Å². The number of para-hydroxylation sites is 1. The van der Waals surface area contributed by atoms with E-state index in [1.807, 2.05) is 99.6 Å². The molecule has 1 amide bonds. The molecule has 4 heteroatoms. The minimum absolute atomic E-state index is 0.157. The number of pyridine rings is 1. The van der Waals surface area contributed by atoms with Gasteiger partial charge in [-0.15, -0.1) is 0 Å². The third kappa shape index (κ3) is 4.26. The summed E-state index contributed by atoms with van der Waals surface area (Å²) in [5.74, 6) is -0.399. The number of anilines is 1. The molecule has 4 nitrogen and oxygen atoms in total. The van der Waals surface area contributed by atoms with Crippen LogP contribution in [0.5, 0.6) is 0 Å². The highest BCUT2D eigenvalue weighted by Crippen LogP contribution is 2.28. The van der Waals surface area contributed by atoms with Crippen LogP contribution in [0.4, 0.5) is 5.69 Å². The van der Waals surface area contributed by atoms with E-state index in [2.05, 4.69) is 9.88 Å². The van der Waals surface area contributed by atoms with Crippen molar-refractivity contribution in [3.63, 3.8) is 0 Å². The van der Waals surface area contributed by atoms with Crippen molar-refractivity contribution >= 4 is 11.6 Å². The number of rotatable bonds is 5. The largest absolute Gasteiger partial charge is 0.340 e. The predicted molar refractivity (Wildman–Crippen MR) is 130 cm³/mol. The monoisotopic (exact) mass is 422 g/mol. The number of hydrogen-bond donors (Lipinski definition) is 1. The topological polar surface area (TPSA) is 51.1 Å². The normalized spacial score (nSPS) is 10.7. The molecule has 0 unspecified atom stereocenters. The van der Waals surface area contributed by atoms with Crippen LogP contribution in [0.25, 0.3) is 11.3 Å². The maximum atomic E-state index is 13.5. The third-order valence-electron chi connectivity index (χ3n) is 5.72. The molecule has 0 saturated heterocycles. The molecule has 0 aliphatic rings. The molecule has 1 heterocycles. The predicted octanol–water partition coefficient (Wildman–Crippen LogP) is 5.74. The maximum Gasteiger partial charge on any atom is 0.261 e. The second kappa shape index (κ2) is 9.06. The van der Waals surface area contributed by atoms with E-state index >= 15 is 0 Å². The van der Waals surface area contributed by atoms with Gasteiger partial charge in [0.15, 0.2) is 5.43 Å². The summed E-state index contributed by atoms with van der Waals surface area (Å²) < 4.78 is 2.06. The Kier molecular flexibility index (Phi) is 6.04. The van der Waals surface area contributed by atoms with Crippen molar-refractivity contribution in [2.24, 2.45) is 0 Å². The van der Waals surface area contributed by atoms with E-state index in [4.69, 9.17) is 0 Å². The summed E-state index contributed by atoms with van der Waals surface area (Å²) in [5, 5.41) is 2.96. The Labute approximate surface area is 188 Å². The molecular weight excluding hydrogens is 396 g/mol. The van der Waals surface area contributed by atoms with Gasteiger partial charge in [-0.05, 0) is 43.5 Å². The third-order valence-corrected chi connectivity index (χ3v) is 5.72. The summed E-state index contributed by atoms with van der Waals surface area (Å²) in [7, 11) is 0. The lowest BCUT2D eigenvalue weighted by atomic mass is 9.98. The van der Waals surface area contributed by atoms with Crippen molar-refractivity contribution in [3.05, 3.63) is 123 Å². The van der Waals surface area contributed by atoms with Crippen molar-refractivity contribution in [3.8, 4) is 11.3 Å². The van der Waals surface area contributed by atoms with Crippen LogP contribution < -0.4 is 10.7 Å². The van der Waals surface area contributed by atoms with Crippen LogP contribution in [-0.2, 0) is 6.54 Å². The van der Waals surface area contributed by atoms with E-state index < -0.39 is 5.91 Å². The number of benzene rings is 3. The zero-order chi connectivity index (χ0) is 22.7. The van der Waals surface area contributed by atoms with Crippen LogP contribution in [0, 0.1) is 20.8 Å². The zero-order valence-electron chi connectivity index (χ0n) is 18.6. The van der Waals surface area contributed by atoms with Gasteiger partial charge >= 0.3 is 0 Å². The Balaban J connectivity index is 1.94. The first-order valence-electron chi connectivity index (χ1n) is 10.7. The second-order valence-electron chi connectivity index (χ2n) is 8.03. The maximum absolute atomic E-state index is 13.5. The molecule has 1 N–H and O–H groups in total. The quantitative estimate of drug-likeness (QED) is 0.446. The Morgan fingerprint density at radius 3 is 2.12 bits per heavy atom. The Morgan fingerprint density at radius 1 is 0.812 bits per heavy atom. The highest BCUT2D eigenvalue weighted by molar-refractivity contribution is 6.08. The lowest BCUT2D eigenvalue weighted by Crippen LogP contribution is -2.27. The molecule has 0 saturated carbocycles. The van der Waals surface area contributed by atoms with Crippen molar-refractivity contribution in [2.75, 3.05) is 5.32 Å². The van der Waals surface area contributed by atoms with Crippen molar-refractivity contribution in [1.29, 1.82) is 0 Å². The smallest absolute Gasteiger partial charge is 0.261 e. The molecule has 32 heavy (non-hydrogen) atoms. The average molecular weight is 423 g/mol. The molecule has 4 aromatic rings. The van der Waals surface area contributed by atoms with Gasteiger partial charge in [-0.2, -0.15) is 0 Å². The summed E-state index contributed by atoms with van der Waals surface area (Å²) in [6, 6.07) is 27.0. The van der Waals surface area contributed by atoms with Crippen LogP contribution in [0.15, 0.2) is 89.7 Å². The van der Waals surface area contributed by atoms with E-state index in [0.29, 0.717) is 17.9 Å². The molecule has 3 aromatic carbocycles. The van der Waals surface area contributed by atoms with Crippen LogP contribution in [-0.4, -0.2) is 10.5 Å². The van der Waals surface area contributed by atoms with Gasteiger partial charge in [-0.3, -0.25) is 9.59 Å². The van der Waals surface area contributed by atoms with Gasteiger partial charge in [-0.25, -0.2) is 0 Å². The average Bonchev–Trinajstić information content (AvgIpc) is 2.78. The first-order valence-corrected chi connectivity index (χ1v) is 10.7. The highest BCUT2D eigenvalue weighted by Gasteiger charge is 2.23. The van der Waals surface area contributed by atoms with Gasteiger partial charge in [0.05, 0.1) is 5.69 Å². The molecule has 0 spiro atoms. The fourth-order valence-corrected chi connectivity index (χ4v) is 3.97. The van der Waals surface area contributed by atoms with E-state index in [9.17, 15) is 9.59 Å². The molecule has 1 aromatic heterocycles. The number of nitrogens with one attached hydrogen (secondary N) is 1. The van der Waals surface area contributed by atoms with Crippen molar-refractivity contribution in [1.82, 2.24) is 4.57 Å². The molecule has 0 aliphatic heterocycles. The molecule has 4 rings (SSSR count). The number of carbonyl (C=O) groups excluding carboxylic acids is 1. The summed E-state index contributed by atoms with van der Waals surface area (Å²) in [6.45, 7) is 6.40. The van der Waals surface area contributed by atoms with Gasteiger partial charge in [0.1, 0.15) is 5.56 Å². The van der Waals surface area contributed by atoms with E-state index in [1.54, 1.807) is 6.07 Å². The molecular formula is C28H26N2O2. The number of carbonyl (C=O) groups is 1. The Bertz CT molecular complexity index is 1340. The first-order chi connectivity index (χ1) is 15.5. The van der Waals surface area contributed by atoms with Gasteiger partial charge < -0.3 is 9.88 Å². The highest BCUT2D eigenvalue weighted by atomic mass is 16.2. The van der Waals surface area contributed by atoms with Crippen LogP contribution in [0.2, 0.25) is 0 Å². The number of hydrogen-bond acceptors (Lipinski definition) is 2.